The highest BCUT2D eigenvalue weighted by Gasteiger charge is 2.27. The topological polar surface area (TPSA) is 88.1 Å². The second kappa shape index (κ2) is 11.3. The Morgan fingerprint density at radius 2 is 1.73 bits per heavy atom. The summed E-state index contributed by atoms with van der Waals surface area (Å²) in [5, 5.41) is 4.64. The molecule has 0 spiro atoms. The van der Waals surface area contributed by atoms with Gasteiger partial charge in [0, 0.05) is 6.54 Å². The van der Waals surface area contributed by atoms with Crippen LogP contribution in [0.3, 0.4) is 0 Å². The molecule has 0 aliphatic rings. The van der Waals surface area contributed by atoms with Crippen LogP contribution in [-0.4, -0.2) is 38.5 Å². The molecule has 3 rings (SSSR count). The number of rotatable bonds is 9. The smallest absolute Gasteiger partial charge is 0.255 e. The quantitative estimate of drug-likeness (QED) is 0.346. The van der Waals surface area contributed by atoms with Crippen LogP contribution in [0.1, 0.15) is 11.1 Å². The van der Waals surface area contributed by atoms with Gasteiger partial charge < -0.3 is 4.74 Å². The first kappa shape index (κ1) is 24.7. The lowest BCUT2D eigenvalue weighted by Gasteiger charge is -2.21. The molecule has 3 aromatic rings. The van der Waals surface area contributed by atoms with Gasteiger partial charge in [-0.1, -0.05) is 59.6 Å². The summed E-state index contributed by atoms with van der Waals surface area (Å²) < 4.78 is 32.7. The lowest BCUT2D eigenvalue weighted by molar-refractivity contribution is -0.121. The zero-order valence-corrected chi connectivity index (χ0v) is 19.9. The summed E-state index contributed by atoms with van der Waals surface area (Å²) in [7, 11) is -2.48. The summed E-state index contributed by atoms with van der Waals surface area (Å²) in [6, 6.07) is 19.9. The molecule has 0 unspecified atom stereocenters. The Bertz CT molecular complexity index is 1230. The second-order valence-electron chi connectivity index (χ2n) is 6.90. The standard InChI is InChI=1S/C23H21Cl2N3O4S/c1-32-19-8-10-20(11-9-19)33(30,31)28(15-17-5-3-2-4-6-17)16-23(29)27-26-14-18-7-12-21(24)22(25)13-18/h2-14H,15-16H2,1H3,(H,27,29)/b26-14-. The van der Waals surface area contributed by atoms with Gasteiger partial charge in [-0.05, 0) is 47.5 Å². The monoisotopic (exact) mass is 505 g/mol. The highest BCUT2D eigenvalue weighted by Crippen LogP contribution is 2.22. The van der Waals surface area contributed by atoms with Crippen LogP contribution >= 0.6 is 23.2 Å². The number of hydrazone groups is 1. The van der Waals surface area contributed by atoms with Crippen molar-refractivity contribution in [2.24, 2.45) is 5.10 Å². The van der Waals surface area contributed by atoms with E-state index in [-0.39, 0.29) is 11.4 Å². The van der Waals surface area contributed by atoms with Crippen molar-refractivity contribution in [2.75, 3.05) is 13.7 Å². The Kier molecular flexibility index (Phi) is 8.46. The number of ether oxygens (including phenoxy) is 1. The van der Waals surface area contributed by atoms with E-state index in [9.17, 15) is 13.2 Å². The van der Waals surface area contributed by atoms with Crippen LogP contribution in [0.5, 0.6) is 5.75 Å². The fraction of sp³-hybridized carbons (Fsp3) is 0.130. The van der Waals surface area contributed by atoms with Crippen molar-refractivity contribution in [1.29, 1.82) is 0 Å². The predicted molar refractivity (Wildman–Crippen MR) is 129 cm³/mol. The molecule has 10 heteroatoms. The van der Waals surface area contributed by atoms with E-state index in [1.807, 2.05) is 6.07 Å². The first-order valence-corrected chi connectivity index (χ1v) is 11.9. The van der Waals surface area contributed by atoms with Gasteiger partial charge in [0.05, 0.1) is 34.8 Å². The molecule has 1 N–H and O–H groups in total. The molecular formula is C23H21Cl2N3O4S. The molecule has 0 radical (unpaired) electrons. The van der Waals surface area contributed by atoms with E-state index in [0.29, 0.717) is 21.4 Å². The molecule has 0 fully saturated rings. The van der Waals surface area contributed by atoms with Crippen molar-refractivity contribution in [3.8, 4) is 5.75 Å². The molecule has 7 nitrogen and oxygen atoms in total. The fourth-order valence-corrected chi connectivity index (χ4v) is 4.57. The van der Waals surface area contributed by atoms with Gasteiger partial charge in [-0.25, -0.2) is 13.8 Å². The van der Waals surface area contributed by atoms with Crippen LogP contribution < -0.4 is 10.2 Å². The molecule has 3 aromatic carbocycles. The van der Waals surface area contributed by atoms with Gasteiger partial charge in [-0.3, -0.25) is 4.79 Å². The van der Waals surface area contributed by atoms with E-state index in [0.717, 1.165) is 9.87 Å². The SMILES string of the molecule is COc1ccc(S(=O)(=O)N(CC(=O)N/N=C\c2ccc(Cl)c(Cl)c2)Cc2ccccc2)cc1. The number of hydrogen-bond acceptors (Lipinski definition) is 5. The number of sulfonamides is 1. The van der Waals surface area contributed by atoms with Crippen LogP contribution in [0.15, 0.2) is 82.8 Å². The normalized spacial score (nSPS) is 11.6. The zero-order chi connectivity index (χ0) is 23.8. The molecular weight excluding hydrogens is 485 g/mol. The number of benzene rings is 3. The summed E-state index contributed by atoms with van der Waals surface area (Å²) in [4.78, 5) is 12.6. The highest BCUT2D eigenvalue weighted by molar-refractivity contribution is 7.89. The number of hydrogen-bond donors (Lipinski definition) is 1. The van der Waals surface area contributed by atoms with Crippen LogP contribution in [0.25, 0.3) is 0 Å². The summed E-state index contributed by atoms with van der Waals surface area (Å²) in [5.41, 5.74) is 3.71. The van der Waals surface area contributed by atoms with Gasteiger partial charge in [-0.15, -0.1) is 0 Å². The largest absolute Gasteiger partial charge is 0.497 e. The highest BCUT2D eigenvalue weighted by atomic mass is 35.5. The molecule has 0 atom stereocenters. The van der Waals surface area contributed by atoms with Crippen molar-refractivity contribution in [2.45, 2.75) is 11.4 Å². The maximum absolute atomic E-state index is 13.3. The lowest BCUT2D eigenvalue weighted by atomic mass is 10.2. The third-order valence-corrected chi connectivity index (χ3v) is 7.11. The number of halogens is 2. The van der Waals surface area contributed by atoms with Crippen molar-refractivity contribution >= 4 is 45.3 Å². The minimum atomic E-state index is -3.97. The molecule has 0 heterocycles. The number of carbonyl (C=O) groups is 1. The van der Waals surface area contributed by atoms with Gasteiger partial charge in [-0.2, -0.15) is 9.41 Å². The Morgan fingerprint density at radius 1 is 1.03 bits per heavy atom. The number of amides is 1. The Balaban J connectivity index is 1.77. The number of nitrogens with zero attached hydrogens (tertiary/aromatic N) is 2. The minimum Gasteiger partial charge on any atom is -0.497 e. The Morgan fingerprint density at radius 3 is 2.36 bits per heavy atom. The van der Waals surface area contributed by atoms with Gasteiger partial charge in [0.15, 0.2) is 0 Å². The predicted octanol–water partition coefficient (Wildman–Crippen LogP) is 4.34. The Labute approximate surface area is 202 Å². The van der Waals surface area contributed by atoms with Gasteiger partial charge >= 0.3 is 0 Å². The molecule has 33 heavy (non-hydrogen) atoms. The molecule has 0 saturated heterocycles. The summed E-state index contributed by atoms with van der Waals surface area (Å²) in [6.07, 6.45) is 1.39. The van der Waals surface area contributed by atoms with E-state index in [2.05, 4.69) is 10.5 Å². The first-order chi connectivity index (χ1) is 15.8. The number of carbonyl (C=O) groups excluding carboxylic acids is 1. The molecule has 0 aliphatic heterocycles. The van der Waals surface area contributed by atoms with E-state index in [4.69, 9.17) is 27.9 Å². The fourth-order valence-electron chi connectivity index (χ4n) is 2.88. The van der Waals surface area contributed by atoms with E-state index < -0.39 is 22.5 Å². The van der Waals surface area contributed by atoms with E-state index in [1.165, 1.54) is 25.5 Å². The molecule has 172 valence electrons. The summed E-state index contributed by atoms with van der Waals surface area (Å²) >= 11 is 11.8. The van der Waals surface area contributed by atoms with Gasteiger partial charge in [0.25, 0.3) is 5.91 Å². The van der Waals surface area contributed by atoms with Gasteiger partial charge in [0.2, 0.25) is 10.0 Å². The summed E-state index contributed by atoms with van der Waals surface area (Å²) in [5.74, 6) is -0.0720. The average Bonchev–Trinajstić information content (AvgIpc) is 2.81. The molecule has 0 aliphatic carbocycles. The molecule has 1 amide bonds. The minimum absolute atomic E-state index is 0.0130. The lowest BCUT2D eigenvalue weighted by Crippen LogP contribution is -2.39. The van der Waals surface area contributed by atoms with Crippen molar-refractivity contribution < 1.29 is 17.9 Å². The van der Waals surface area contributed by atoms with Crippen LogP contribution in [0.4, 0.5) is 0 Å². The van der Waals surface area contributed by atoms with E-state index in [1.54, 1.807) is 54.6 Å². The average molecular weight is 506 g/mol. The second-order valence-corrected chi connectivity index (χ2v) is 9.65. The maximum Gasteiger partial charge on any atom is 0.255 e. The third kappa shape index (κ3) is 6.79. The molecule has 0 saturated carbocycles. The van der Waals surface area contributed by atoms with Gasteiger partial charge in [0.1, 0.15) is 5.75 Å². The zero-order valence-electron chi connectivity index (χ0n) is 17.6. The van der Waals surface area contributed by atoms with Crippen molar-refractivity contribution in [3.63, 3.8) is 0 Å². The maximum atomic E-state index is 13.3. The summed E-state index contributed by atoms with van der Waals surface area (Å²) in [6.45, 7) is -0.416. The third-order valence-electron chi connectivity index (χ3n) is 4.57. The number of methoxy groups -OCH3 is 1. The molecule has 0 aromatic heterocycles. The molecule has 0 bridgehead atoms. The van der Waals surface area contributed by atoms with Crippen molar-refractivity contribution in [1.82, 2.24) is 9.73 Å². The van der Waals surface area contributed by atoms with E-state index >= 15 is 0 Å². The van der Waals surface area contributed by atoms with Crippen molar-refractivity contribution in [3.05, 3.63) is 94.0 Å². The Hall–Kier alpha value is -2.91. The van der Waals surface area contributed by atoms with Crippen LogP contribution in [0, 0.1) is 0 Å². The number of nitrogens with one attached hydrogen (secondary N) is 1. The first-order valence-electron chi connectivity index (χ1n) is 9.74. The van der Waals surface area contributed by atoms with Crippen LogP contribution in [-0.2, 0) is 21.4 Å². The van der Waals surface area contributed by atoms with Crippen LogP contribution in [0.2, 0.25) is 10.0 Å².